The predicted molar refractivity (Wildman–Crippen MR) is 89.6 cm³/mol. The molecule has 2 N–H and O–H groups in total. The van der Waals surface area contributed by atoms with Crippen molar-refractivity contribution < 1.29 is 19.1 Å². The van der Waals surface area contributed by atoms with Crippen molar-refractivity contribution in [2.24, 2.45) is 0 Å². The van der Waals surface area contributed by atoms with Gasteiger partial charge in [-0.3, -0.25) is 9.59 Å². The molecule has 2 aromatic rings. The summed E-state index contributed by atoms with van der Waals surface area (Å²) in [6, 6.07) is 15.6. The maximum atomic E-state index is 11.9. The summed E-state index contributed by atoms with van der Waals surface area (Å²) in [5.74, 6) is -1.10. The molecule has 24 heavy (non-hydrogen) atoms. The highest BCUT2D eigenvalue weighted by atomic mass is 16.5. The summed E-state index contributed by atoms with van der Waals surface area (Å²) in [6.45, 7) is -0.145. The van der Waals surface area contributed by atoms with E-state index < -0.39 is 5.97 Å². The number of ether oxygens (including phenoxy) is 1. The van der Waals surface area contributed by atoms with E-state index >= 15 is 0 Å². The average Bonchev–Trinajstić information content (AvgIpc) is 2.60. The van der Waals surface area contributed by atoms with Crippen LogP contribution in [-0.4, -0.2) is 31.4 Å². The van der Waals surface area contributed by atoms with E-state index in [1.165, 1.54) is 13.2 Å². The van der Waals surface area contributed by atoms with Crippen LogP contribution in [0.2, 0.25) is 0 Å². The summed E-state index contributed by atoms with van der Waals surface area (Å²) in [5.41, 5.74) is 1.67. The number of esters is 1. The van der Waals surface area contributed by atoms with Crippen LogP contribution in [0.15, 0.2) is 54.6 Å². The average molecular weight is 326 g/mol. The van der Waals surface area contributed by atoms with Gasteiger partial charge in [0.05, 0.1) is 25.6 Å². The Bertz CT molecular complexity index is 729. The van der Waals surface area contributed by atoms with E-state index in [2.05, 4.69) is 15.4 Å². The monoisotopic (exact) mass is 326 g/mol. The first kappa shape index (κ1) is 17.2. The summed E-state index contributed by atoms with van der Waals surface area (Å²) >= 11 is 0. The first-order chi connectivity index (χ1) is 11.6. The van der Waals surface area contributed by atoms with Gasteiger partial charge in [-0.15, -0.1) is 0 Å². The molecule has 0 aliphatic heterocycles. The van der Waals surface area contributed by atoms with E-state index in [0.717, 1.165) is 5.56 Å². The molecule has 2 aromatic carbocycles. The first-order valence-corrected chi connectivity index (χ1v) is 7.37. The fourth-order valence-corrected chi connectivity index (χ4v) is 2.07. The molecule has 0 radical (unpaired) electrons. The van der Waals surface area contributed by atoms with E-state index in [1.54, 1.807) is 18.2 Å². The van der Waals surface area contributed by atoms with Gasteiger partial charge in [-0.2, -0.15) is 0 Å². The molecule has 0 atom stereocenters. The number of nitrogens with one attached hydrogen (secondary N) is 2. The fourth-order valence-electron chi connectivity index (χ4n) is 2.07. The number of amides is 2. The quantitative estimate of drug-likeness (QED) is 0.792. The van der Waals surface area contributed by atoms with Crippen LogP contribution in [0.25, 0.3) is 0 Å². The number of hydrogen-bond acceptors (Lipinski definition) is 4. The summed E-state index contributed by atoms with van der Waals surface area (Å²) in [4.78, 5) is 35.1. The van der Waals surface area contributed by atoms with E-state index in [0.29, 0.717) is 11.3 Å². The zero-order valence-electron chi connectivity index (χ0n) is 13.2. The third kappa shape index (κ3) is 5.24. The Balaban J connectivity index is 1.83. The Morgan fingerprint density at radius 3 is 2.42 bits per heavy atom. The van der Waals surface area contributed by atoms with Crippen molar-refractivity contribution in [1.29, 1.82) is 0 Å². The number of rotatable bonds is 6. The highest BCUT2D eigenvalue weighted by Gasteiger charge is 2.09. The lowest BCUT2D eigenvalue weighted by atomic mass is 10.1. The fraction of sp³-hybridized carbons (Fsp3) is 0.167. The molecule has 0 bridgehead atoms. The van der Waals surface area contributed by atoms with Crippen LogP contribution >= 0.6 is 0 Å². The van der Waals surface area contributed by atoms with Crippen LogP contribution in [0.1, 0.15) is 15.9 Å². The van der Waals surface area contributed by atoms with Gasteiger partial charge in [-0.05, 0) is 23.8 Å². The van der Waals surface area contributed by atoms with Crippen LogP contribution in [-0.2, 0) is 20.7 Å². The molecule has 2 rings (SSSR count). The lowest BCUT2D eigenvalue weighted by Crippen LogP contribution is -2.33. The molecule has 0 unspecified atom stereocenters. The van der Waals surface area contributed by atoms with Crippen molar-refractivity contribution in [3.8, 4) is 0 Å². The predicted octanol–water partition coefficient (Wildman–Crippen LogP) is 1.77. The summed E-state index contributed by atoms with van der Waals surface area (Å²) in [5, 5.41) is 5.18. The molecule has 0 aliphatic carbocycles. The summed E-state index contributed by atoms with van der Waals surface area (Å²) < 4.78 is 4.62. The van der Waals surface area contributed by atoms with E-state index in [-0.39, 0.29) is 24.8 Å². The molecule has 0 saturated carbocycles. The van der Waals surface area contributed by atoms with Gasteiger partial charge in [0.2, 0.25) is 11.8 Å². The van der Waals surface area contributed by atoms with Gasteiger partial charge >= 0.3 is 5.97 Å². The number of carbonyl (C=O) groups excluding carboxylic acids is 3. The molecule has 0 aromatic heterocycles. The lowest BCUT2D eigenvalue weighted by molar-refractivity contribution is -0.123. The SMILES string of the molecule is COC(=O)c1cccc(NC(=O)CNC(=O)Cc2ccccc2)c1. The van der Waals surface area contributed by atoms with Crippen molar-refractivity contribution >= 4 is 23.5 Å². The minimum Gasteiger partial charge on any atom is -0.465 e. The number of benzene rings is 2. The molecule has 0 spiro atoms. The third-order valence-corrected chi connectivity index (χ3v) is 3.22. The van der Waals surface area contributed by atoms with Crippen LogP contribution in [0.4, 0.5) is 5.69 Å². The van der Waals surface area contributed by atoms with E-state index in [1.807, 2.05) is 30.3 Å². The lowest BCUT2D eigenvalue weighted by Gasteiger charge is -2.08. The standard InChI is InChI=1S/C18H18N2O4/c1-24-18(23)14-8-5-9-15(11-14)20-17(22)12-19-16(21)10-13-6-3-2-4-7-13/h2-9,11H,10,12H2,1H3,(H,19,21)(H,20,22). The van der Waals surface area contributed by atoms with Gasteiger partial charge < -0.3 is 15.4 Å². The van der Waals surface area contributed by atoms with Crippen molar-refractivity contribution in [1.82, 2.24) is 5.32 Å². The summed E-state index contributed by atoms with van der Waals surface area (Å²) in [7, 11) is 1.29. The minimum absolute atomic E-state index is 0.145. The maximum Gasteiger partial charge on any atom is 0.337 e. The molecule has 0 saturated heterocycles. The van der Waals surface area contributed by atoms with Gasteiger partial charge in [0.25, 0.3) is 0 Å². The Hall–Kier alpha value is -3.15. The number of methoxy groups -OCH3 is 1. The van der Waals surface area contributed by atoms with E-state index in [9.17, 15) is 14.4 Å². The largest absolute Gasteiger partial charge is 0.465 e. The van der Waals surface area contributed by atoms with Gasteiger partial charge in [0.15, 0.2) is 0 Å². The summed E-state index contributed by atoms with van der Waals surface area (Å²) in [6.07, 6.45) is 0.214. The molecule has 6 heteroatoms. The van der Waals surface area contributed by atoms with Crippen molar-refractivity contribution in [3.05, 3.63) is 65.7 Å². The van der Waals surface area contributed by atoms with E-state index in [4.69, 9.17) is 0 Å². The Morgan fingerprint density at radius 1 is 0.958 bits per heavy atom. The van der Waals surface area contributed by atoms with Crippen LogP contribution in [0.3, 0.4) is 0 Å². The minimum atomic E-state index is -0.484. The van der Waals surface area contributed by atoms with Gasteiger partial charge in [-0.1, -0.05) is 36.4 Å². The maximum absolute atomic E-state index is 11.9. The highest BCUT2D eigenvalue weighted by molar-refractivity contribution is 5.96. The number of carbonyl (C=O) groups is 3. The van der Waals surface area contributed by atoms with Crippen LogP contribution < -0.4 is 10.6 Å². The second kappa shape index (κ2) is 8.47. The van der Waals surface area contributed by atoms with Gasteiger partial charge in [-0.25, -0.2) is 4.79 Å². The topological polar surface area (TPSA) is 84.5 Å². The molecule has 0 heterocycles. The molecule has 124 valence electrons. The molecule has 6 nitrogen and oxygen atoms in total. The highest BCUT2D eigenvalue weighted by Crippen LogP contribution is 2.11. The Labute approximate surface area is 139 Å². The van der Waals surface area contributed by atoms with Crippen LogP contribution in [0, 0.1) is 0 Å². The smallest absolute Gasteiger partial charge is 0.337 e. The van der Waals surface area contributed by atoms with Crippen LogP contribution in [0.5, 0.6) is 0 Å². The Kier molecular flexibility index (Phi) is 6.08. The normalized spacial score (nSPS) is 9.88. The second-order valence-electron chi connectivity index (χ2n) is 5.06. The molecule has 0 aliphatic rings. The Morgan fingerprint density at radius 2 is 1.71 bits per heavy atom. The molecule has 0 fully saturated rings. The number of anilines is 1. The third-order valence-electron chi connectivity index (χ3n) is 3.22. The van der Waals surface area contributed by atoms with Crippen molar-refractivity contribution in [2.45, 2.75) is 6.42 Å². The molecular formula is C18H18N2O4. The van der Waals surface area contributed by atoms with Gasteiger partial charge in [0, 0.05) is 5.69 Å². The number of hydrogen-bond donors (Lipinski definition) is 2. The van der Waals surface area contributed by atoms with Crippen molar-refractivity contribution in [3.63, 3.8) is 0 Å². The zero-order valence-corrected chi connectivity index (χ0v) is 13.2. The molecular weight excluding hydrogens is 308 g/mol. The van der Waals surface area contributed by atoms with Crippen molar-refractivity contribution in [2.75, 3.05) is 19.0 Å². The zero-order chi connectivity index (χ0) is 17.4. The molecule has 2 amide bonds. The first-order valence-electron chi connectivity index (χ1n) is 7.37. The second-order valence-corrected chi connectivity index (χ2v) is 5.06. The van der Waals surface area contributed by atoms with Gasteiger partial charge in [0.1, 0.15) is 0 Å².